The summed E-state index contributed by atoms with van der Waals surface area (Å²) in [6.07, 6.45) is 3.56. The van der Waals surface area contributed by atoms with Crippen LogP contribution in [-0.4, -0.2) is 0 Å². The van der Waals surface area contributed by atoms with Crippen molar-refractivity contribution in [1.82, 2.24) is 0 Å². The van der Waals surface area contributed by atoms with Crippen molar-refractivity contribution in [2.45, 2.75) is 0 Å². The van der Waals surface area contributed by atoms with Crippen LogP contribution >= 0.6 is 0 Å². The van der Waals surface area contributed by atoms with Gasteiger partial charge in [-0.2, -0.15) is 0 Å². The van der Waals surface area contributed by atoms with Crippen LogP contribution in [0.2, 0.25) is 0 Å². The van der Waals surface area contributed by atoms with Crippen molar-refractivity contribution in [3.8, 4) is 33.4 Å². The molecule has 0 atom stereocenters. The van der Waals surface area contributed by atoms with Gasteiger partial charge < -0.3 is 5.73 Å². The van der Waals surface area contributed by atoms with Gasteiger partial charge in [-0.1, -0.05) is 134 Å². The van der Waals surface area contributed by atoms with E-state index in [1.165, 1.54) is 65.7 Å². The normalized spacial score (nSPS) is 11.9. The topological polar surface area (TPSA) is 26.0 Å². The number of hydrogen-bond acceptors (Lipinski definition) is 1. The summed E-state index contributed by atoms with van der Waals surface area (Å²) in [5.41, 5.74) is 15.2. The predicted octanol–water partition coefficient (Wildman–Crippen LogP) is 10.1. The van der Waals surface area contributed by atoms with Crippen LogP contribution in [0.15, 0.2) is 146 Å². The average Bonchev–Trinajstić information content (AvgIpc) is 3.00. The van der Waals surface area contributed by atoms with Crippen molar-refractivity contribution in [1.29, 1.82) is 0 Å². The van der Waals surface area contributed by atoms with Gasteiger partial charge in [0, 0.05) is 5.70 Å². The first-order valence-corrected chi connectivity index (χ1v) is 13.3. The zero-order valence-electron chi connectivity index (χ0n) is 21.6. The Morgan fingerprint density at radius 1 is 0.513 bits per heavy atom. The number of nitrogens with two attached hydrogens (primary N) is 1. The van der Waals surface area contributed by atoms with E-state index >= 15 is 0 Å². The summed E-state index contributed by atoms with van der Waals surface area (Å²) in [6.45, 7) is 3.77. The van der Waals surface area contributed by atoms with E-state index in [2.05, 4.69) is 134 Å². The van der Waals surface area contributed by atoms with E-state index < -0.39 is 0 Å². The van der Waals surface area contributed by atoms with E-state index in [0.717, 1.165) is 5.56 Å². The molecule has 1 nitrogen and oxygen atoms in total. The van der Waals surface area contributed by atoms with Gasteiger partial charge in [-0.05, 0) is 83.4 Å². The van der Waals surface area contributed by atoms with Crippen molar-refractivity contribution in [2.24, 2.45) is 5.73 Å². The minimum Gasteiger partial charge on any atom is -0.398 e. The lowest BCUT2D eigenvalue weighted by Gasteiger charge is -2.18. The third-order valence-corrected chi connectivity index (χ3v) is 7.78. The van der Waals surface area contributed by atoms with Gasteiger partial charge >= 0.3 is 0 Å². The Hall–Kier alpha value is -5.14. The predicted molar refractivity (Wildman–Crippen MR) is 169 cm³/mol. The molecule has 0 spiro atoms. The van der Waals surface area contributed by atoms with Crippen LogP contribution in [0.4, 0.5) is 0 Å². The molecule has 7 aromatic carbocycles. The molecular formula is C38H27N. The first-order chi connectivity index (χ1) is 19.2. The molecule has 0 radical (unpaired) electrons. The Bertz CT molecular complexity index is 1980. The molecule has 0 fully saturated rings. The molecule has 0 aliphatic carbocycles. The second kappa shape index (κ2) is 9.31. The molecule has 0 saturated heterocycles. The second-order valence-corrected chi connectivity index (χ2v) is 10.0. The number of hydrogen-bond donors (Lipinski definition) is 1. The number of rotatable bonds is 5. The molecule has 0 saturated carbocycles. The molecule has 184 valence electrons. The fraction of sp³-hybridized carbons (Fsp3) is 0. The summed E-state index contributed by atoms with van der Waals surface area (Å²) in [7, 11) is 0. The summed E-state index contributed by atoms with van der Waals surface area (Å²) in [6, 6.07) is 46.0. The molecule has 7 rings (SSSR count). The number of allylic oxidation sites excluding steroid dienone is 2. The van der Waals surface area contributed by atoms with Gasteiger partial charge in [0.25, 0.3) is 0 Å². The van der Waals surface area contributed by atoms with Crippen LogP contribution in [0.3, 0.4) is 0 Å². The van der Waals surface area contributed by atoms with E-state index in [1.807, 2.05) is 6.08 Å². The standard InChI is InChI=1S/C38H27N/c1-2-7-36(39)29-18-16-28(17-19-29)35-24-34(27-14-12-26(13-15-27)25-8-4-3-5-9-25)32-22-20-30-10-6-11-31-21-23-33(35)38(32)37(30)31/h2-24H,1,39H2/b36-7-. The van der Waals surface area contributed by atoms with E-state index in [0.29, 0.717) is 5.70 Å². The van der Waals surface area contributed by atoms with Gasteiger partial charge in [0.05, 0.1) is 0 Å². The molecule has 1 heteroatoms. The Morgan fingerprint density at radius 2 is 1.05 bits per heavy atom. The first kappa shape index (κ1) is 23.0. The van der Waals surface area contributed by atoms with Crippen LogP contribution in [0, 0.1) is 0 Å². The lowest BCUT2D eigenvalue weighted by Crippen LogP contribution is -1.95. The van der Waals surface area contributed by atoms with Crippen molar-refractivity contribution in [3.63, 3.8) is 0 Å². The third-order valence-electron chi connectivity index (χ3n) is 7.78. The van der Waals surface area contributed by atoms with Gasteiger partial charge in [0.2, 0.25) is 0 Å². The molecule has 0 aromatic heterocycles. The maximum Gasteiger partial charge on any atom is 0.0387 e. The monoisotopic (exact) mass is 497 g/mol. The average molecular weight is 498 g/mol. The van der Waals surface area contributed by atoms with Crippen molar-refractivity contribution >= 4 is 38.0 Å². The van der Waals surface area contributed by atoms with Crippen LogP contribution in [0.1, 0.15) is 5.56 Å². The maximum atomic E-state index is 6.23. The highest BCUT2D eigenvalue weighted by Gasteiger charge is 2.16. The first-order valence-electron chi connectivity index (χ1n) is 13.3. The summed E-state index contributed by atoms with van der Waals surface area (Å²) in [5, 5.41) is 7.73. The van der Waals surface area contributed by atoms with Gasteiger partial charge in [-0.25, -0.2) is 0 Å². The summed E-state index contributed by atoms with van der Waals surface area (Å²) in [4.78, 5) is 0. The van der Waals surface area contributed by atoms with Crippen LogP contribution in [0.25, 0.3) is 71.4 Å². The highest BCUT2D eigenvalue weighted by atomic mass is 14.6. The van der Waals surface area contributed by atoms with Crippen molar-refractivity contribution in [2.75, 3.05) is 0 Å². The van der Waals surface area contributed by atoms with E-state index in [9.17, 15) is 0 Å². The summed E-state index contributed by atoms with van der Waals surface area (Å²) < 4.78 is 0. The van der Waals surface area contributed by atoms with E-state index in [-0.39, 0.29) is 0 Å². The molecule has 0 amide bonds. The molecule has 0 unspecified atom stereocenters. The molecule has 2 N–H and O–H groups in total. The van der Waals surface area contributed by atoms with Gasteiger partial charge in [-0.3, -0.25) is 0 Å². The summed E-state index contributed by atoms with van der Waals surface area (Å²) >= 11 is 0. The zero-order valence-corrected chi connectivity index (χ0v) is 21.6. The minimum absolute atomic E-state index is 0.714. The van der Waals surface area contributed by atoms with Gasteiger partial charge in [0.15, 0.2) is 0 Å². The van der Waals surface area contributed by atoms with E-state index in [1.54, 1.807) is 6.08 Å². The molecule has 39 heavy (non-hydrogen) atoms. The Balaban J connectivity index is 1.48. The molecule has 0 aliphatic rings. The highest BCUT2D eigenvalue weighted by Crippen LogP contribution is 2.44. The second-order valence-electron chi connectivity index (χ2n) is 10.0. The van der Waals surface area contributed by atoms with E-state index in [4.69, 9.17) is 5.73 Å². The lowest BCUT2D eigenvalue weighted by atomic mass is 9.85. The van der Waals surface area contributed by atoms with Crippen LogP contribution in [-0.2, 0) is 0 Å². The third kappa shape index (κ3) is 3.88. The Morgan fingerprint density at radius 3 is 1.64 bits per heavy atom. The molecule has 0 aliphatic heterocycles. The Labute approximate surface area is 228 Å². The largest absolute Gasteiger partial charge is 0.398 e. The fourth-order valence-electron chi connectivity index (χ4n) is 5.85. The maximum absolute atomic E-state index is 6.23. The lowest BCUT2D eigenvalue weighted by molar-refractivity contribution is 1.51. The van der Waals surface area contributed by atoms with Crippen molar-refractivity contribution in [3.05, 3.63) is 152 Å². The van der Waals surface area contributed by atoms with Gasteiger partial charge in [0.1, 0.15) is 0 Å². The van der Waals surface area contributed by atoms with Crippen LogP contribution < -0.4 is 5.73 Å². The van der Waals surface area contributed by atoms with Crippen LogP contribution in [0.5, 0.6) is 0 Å². The molecule has 7 aromatic rings. The fourth-order valence-corrected chi connectivity index (χ4v) is 5.85. The molecule has 0 bridgehead atoms. The van der Waals surface area contributed by atoms with Crippen molar-refractivity contribution < 1.29 is 0 Å². The van der Waals surface area contributed by atoms with Gasteiger partial charge in [-0.15, -0.1) is 0 Å². The smallest absolute Gasteiger partial charge is 0.0387 e. The quantitative estimate of drug-likeness (QED) is 0.186. The SMILES string of the molecule is C=C/C=C(\N)c1ccc(-c2cc(-c3ccc(-c4ccccc4)cc3)c3ccc4cccc5ccc2c3c54)cc1. The highest BCUT2D eigenvalue weighted by molar-refractivity contribution is 6.28. The minimum atomic E-state index is 0.714. The zero-order chi connectivity index (χ0) is 26.3. The Kier molecular flexibility index (Phi) is 5.49. The number of benzene rings is 7. The molecule has 0 heterocycles. The molecular weight excluding hydrogens is 470 g/mol. The summed E-state index contributed by atoms with van der Waals surface area (Å²) in [5.74, 6) is 0.